The first-order chi connectivity index (χ1) is 12.5. The number of para-hydroxylation sites is 1. The van der Waals surface area contributed by atoms with Gasteiger partial charge in [0.1, 0.15) is 5.75 Å². The van der Waals surface area contributed by atoms with Crippen molar-refractivity contribution in [1.29, 1.82) is 0 Å². The topological polar surface area (TPSA) is 66.8 Å². The Bertz CT molecular complexity index is 923. The third kappa shape index (κ3) is 3.95. The van der Waals surface area contributed by atoms with E-state index in [0.29, 0.717) is 15.0 Å². The Hall–Kier alpha value is -2.64. The summed E-state index contributed by atoms with van der Waals surface area (Å²) in [5.41, 5.74) is 2.48. The minimum Gasteiger partial charge on any atom is -0.482 e. The van der Waals surface area contributed by atoms with Crippen LogP contribution in [0.3, 0.4) is 0 Å². The van der Waals surface area contributed by atoms with Crippen LogP contribution in [0.25, 0.3) is 6.08 Å². The van der Waals surface area contributed by atoms with Gasteiger partial charge in [-0.2, -0.15) is 0 Å². The highest BCUT2D eigenvalue weighted by molar-refractivity contribution is 8.27. The van der Waals surface area contributed by atoms with Crippen molar-refractivity contribution in [3.8, 4) is 5.75 Å². The first-order valence-corrected chi connectivity index (χ1v) is 8.96. The van der Waals surface area contributed by atoms with Crippen LogP contribution in [-0.4, -0.2) is 27.9 Å². The molecule has 1 aliphatic rings. The Morgan fingerprint density at radius 2 is 2.04 bits per heavy atom. The molecule has 1 aliphatic heterocycles. The smallest absolute Gasteiger partial charge is 0.341 e. The number of hydrogen-bond acceptors (Lipinski definition) is 5. The maximum atomic E-state index is 12.8. The molecule has 132 valence electrons. The first kappa shape index (κ1) is 18.2. The zero-order valence-electron chi connectivity index (χ0n) is 13.8. The molecule has 26 heavy (non-hydrogen) atoms. The fraction of sp³-hybridized carbons (Fsp3) is 0.105. The molecule has 0 saturated carbocycles. The SMILES string of the molecule is Cc1ccccc1N1C(=O)/C(=C\c2cccc(OCC(=O)O)c2)SC1=S. The fourth-order valence-corrected chi connectivity index (χ4v) is 3.77. The number of carboxylic acids is 1. The van der Waals surface area contributed by atoms with Crippen molar-refractivity contribution in [2.75, 3.05) is 11.5 Å². The van der Waals surface area contributed by atoms with Gasteiger partial charge in [0.25, 0.3) is 5.91 Å². The maximum absolute atomic E-state index is 12.8. The Morgan fingerprint density at radius 3 is 2.77 bits per heavy atom. The molecule has 0 atom stereocenters. The molecule has 5 nitrogen and oxygen atoms in total. The van der Waals surface area contributed by atoms with Crippen LogP contribution < -0.4 is 9.64 Å². The number of benzene rings is 2. The Kier molecular flexibility index (Phi) is 5.39. The molecular formula is C19H15NO4S2. The van der Waals surface area contributed by atoms with Crippen molar-refractivity contribution in [3.05, 3.63) is 64.6 Å². The molecule has 1 fully saturated rings. The molecule has 7 heteroatoms. The van der Waals surface area contributed by atoms with Crippen LogP contribution in [0.5, 0.6) is 5.75 Å². The normalized spacial score (nSPS) is 15.6. The van der Waals surface area contributed by atoms with Crippen molar-refractivity contribution in [1.82, 2.24) is 0 Å². The zero-order chi connectivity index (χ0) is 18.7. The number of aryl methyl sites for hydroxylation is 1. The van der Waals surface area contributed by atoms with Gasteiger partial charge in [0.05, 0.1) is 10.6 Å². The van der Waals surface area contributed by atoms with Crippen molar-refractivity contribution < 1.29 is 19.4 Å². The average Bonchev–Trinajstić information content (AvgIpc) is 2.88. The second kappa shape index (κ2) is 7.72. The summed E-state index contributed by atoms with van der Waals surface area (Å²) in [4.78, 5) is 25.5. The van der Waals surface area contributed by atoms with Gasteiger partial charge in [-0.05, 0) is 42.3 Å². The van der Waals surface area contributed by atoms with Crippen LogP contribution in [0.4, 0.5) is 5.69 Å². The molecule has 0 aromatic heterocycles. The summed E-state index contributed by atoms with van der Waals surface area (Å²) in [6.07, 6.45) is 1.73. The van der Waals surface area contributed by atoms with E-state index in [9.17, 15) is 9.59 Å². The number of anilines is 1. The van der Waals surface area contributed by atoms with Crippen molar-refractivity contribution >= 4 is 51.9 Å². The van der Waals surface area contributed by atoms with E-state index in [2.05, 4.69) is 0 Å². The first-order valence-electron chi connectivity index (χ1n) is 7.74. The average molecular weight is 385 g/mol. The van der Waals surface area contributed by atoms with E-state index in [-0.39, 0.29) is 5.91 Å². The number of rotatable bonds is 5. The molecule has 2 aromatic rings. The highest BCUT2D eigenvalue weighted by atomic mass is 32.2. The van der Waals surface area contributed by atoms with Crippen LogP contribution in [0.1, 0.15) is 11.1 Å². The van der Waals surface area contributed by atoms with Gasteiger partial charge >= 0.3 is 5.97 Å². The Labute approximate surface area is 160 Å². The quantitative estimate of drug-likeness (QED) is 0.623. The highest BCUT2D eigenvalue weighted by Gasteiger charge is 2.33. The molecule has 2 aromatic carbocycles. The molecule has 0 unspecified atom stereocenters. The fourth-order valence-electron chi connectivity index (χ4n) is 2.48. The van der Waals surface area contributed by atoms with Crippen molar-refractivity contribution in [2.45, 2.75) is 6.92 Å². The number of aliphatic carboxylic acids is 1. The van der Waals surface area contributed by atoms with Crippen LogP contribution in [0, 0.1) is 6.92 Å². The van der Waals surface area contributed by atoms with Crippen molar-refractivity contribution in [2.24, 2.45) is 0 Å². The summed E-state index contributed by atoms with van der Waals surface area (Å²) < 4.78 is 5.65. The molecule has 0 aliphatic carbocycles. The number of carbonyl (C=O) groups is 2. The van der Waals surface area contributed by atoms with Crippen molar-refractivity contribution in [3.63, 3.8) is 0 Å². The van der Waals surface area contributed by atoms with Crippen LogP contribution in [-0.2, 0) is 9.59 Å². The molecule has 1 heterocycles. The van der Waals surface area contributed by atoms with Gasteiger partial charge in [-0.15, -0.1) is 0 Å². The third-order valence-corrected chi connectivity index (χ3v) is 4.97. The zero-order valence-corrected chi connectivity index (χ0v) is 15.5. The molecular weight excluding hydrogens is 370 g/mol. The van der Waals surface area contributed by atoms with E-state index >= 15 is 0 Å². The molecule has 0 radical (unpaired) electrons. The summed E-state index contributed by atoms with van der Waals surface area (Å²) in [5, 5.41) is 8.69. The molecule has 1 amide bonds. The lowest BCUT2D eigenvalue weighted by molar-refractivity contribution is -0.139. The lowest BCUT2D eigenvalue weighted by Gasteiger charge is -2.16. The summed E-state index contributed by atoms with van der Waals surface area (Å²) >= 11 is 6.62. The van der Waals surface area contributed by atoms with Gasteiger partial charge in [0.15, 0.2) is 10.9 Å². The summed E-state index contributed by atoms with van der Waals surface area (Å²) in [7, 11) is 0. The summed E-state index contributed by atoms with van der Waals surface area (Å²) in [6, 6.07) is 14.5. The minimum absolute atomic E-state index is 0.175. The largest absolute Gasteiger partial charge is 0.482 e. The van der Waals surface area contributed by atoms with Gasteiger partial charge in [-0.3, -0.25) is 9.69 Å². The van der Waals surface area contributed by atoms with Gasteiger partial charge < -0.3 is 9.84 Å². The predicted molar refractivity (Wildman–Crippen MR) is 106 cm³/mol. The molecule has 0 bridgehead atoms. The lowest BCUT2D eigenvalue weighted by atomic mass is 10.1. The Balaban J connectivity index is 1.85. The summed E-state index contributed by atoms with van der Waals surface area (Å²) in [6.45, 7) is 1.51. The monoisotopic (exact) mass is 385 g/mol. The van der Waals surface area contributed by atoms with Gasteiger partial charge in [-0.1, -0.05) is 54.3 Å². The van der Waals surface area contributed by atoms with E-state index in [1.807, 2.05) is 37.3 Å². The van der Waals surface area contributed by atoms with E-state index in [1.54, 1.807) is 24.3 Å². The number of ether oxygens (including phenoxy) is 1. The summed E-state index contributed by atoms with van der Waals surface area (Å²) in [5.74, 6) is -0.795. The molecule has 1 N–H and O–H groups in total. The number of hydrogen-bond donors (Lipinski definition) is 1. The second-order valence-electron chi connectivity index (χ2n) is 5.56. The van der Waals surface area contributed by atoms with Crippen LogP contribution in [0.15, 0.2) is 53.4 Å². The van der Waals surface area contributed by atoms with Crippen LogP contribution >= 0.6 is 24.0 Å². The highest BCUT2D eigenvalue weighted by Crippen LogP contribution is 2.37. The van der Waals surface area contributed by atoms with E-state index in [4.69, 9.17) is 22.1 Å². The Morgan fingerprint density at radius 1 is 1.27 bits per heavy atom. The van der Waals surface area contributed by atoms with E-state index in [0.717, 1.165) is 16.8 Å². The maximum Gasteiger partial charge on any atom is 0.341 e. The molecule has 3 rings (SSSR count). The van der Waals surface area contributed by atoms with E-state index < -0.39 is 12.6 Å². The van der Waals surface area contributed by atoms with Gasteiger partial charge in [0, 0.05) is 0 Å². The number of thiocarbonyl (C=S) groups is 1. The van der Waals surface area contributed by atoms with Crippen LogP contribution in [0.2, 0.25) is 0 Å². The number of amides is 1. The predicted octanol–water partition coefficient (Wildman–Crippen LogP) is 3.86. The van der Waals surface area contributed by atoms with Gasteiger partial charge in [-0.25, -0.2) is 4.79 Å². The molecule has 0 spiro atoms. The molecule has 1 saturated heterocycles. The van der Waals surface area contributed by atoms with Gasteiger partial charge in [0.2, 0.25) is 0 Å². The third-order valence-electron chi connectivity index (χ3n) is 3.67. The number of nitrogens with zero attached hydrogens (tertiary/aromatic N) is 1. The lowest BCUT2D eigenvalue weighted by Crippen LogP contribution is -2.28. The number of thioether (sulfide) groups is 1. The number of carboxylic acid groups (broad SMARTS) is 1. The minimum atomic E-state index is -1.05. The second-order valence-corrected chi connectivity index (χ2v) is 7.23. The number of carbonyl (C=O) groups excluding carboxylic acids is 1. The standard InChI is InChI=1S/C19H15NO4S2/c1-12-5-2-3-8-15(12)20-18(23)16(26-19(20)25)10-13-6-4-7-14(9-13)24-11-17(21)22/h2-10H,11H2,1H3,(H,21,22)/b16-10+. The van der Waals surface area contributed by atoms with E-state index in [1.165, 1.54) is 16.7 Å².